The number of nitrogens with two attached hydrogens (primary N) is 1. The predicted octanol–water partition coefficient (Wildman–Crippen LogP) is 3.07. The number of hydrogen-bond acceptors (Lipinski definition) is 3. The molecule has 0 aromatic heterocycles. The van der Waals surface area contributed by atoms with Gasteiger partial charge in [-0.1, -0.05) is 18.2 Å². The molecule has 2 aromatic rings. The Morgan fingerprint density at radius 3 is 2.61 bits per heavy atom. The molecule has 4 unspecified atom stereocenters. The summed E-state index contributed by atoms with van der Waals surface area (Å²) in [5, 5.41) is 5.75. The minimum atomic E-state index is -0.456. The zero-order valence-corrected chi connectivity index (χ0v) is 15.5. The van der Waals surface area contributed by atoms with Crippen LogP contribution in [0.3, 0.4) is 0 Å². The summed E-state index contributed by atoms with van der Waals surface area (Å²) in [5.74, 6) is -0.000841. The van der Waals surface area contributed by atoms with E-state index in [1.807, 2.05) is 12.1 Å². The number of benzene rings is 2. The Morgan fingerprint density at radius 1 is 1.07 bits per heavy atom. The van der Waals surface area contributed by atoms with E-state index in [0.29, 0.717) is 24.1 Å². The number of rotatable bonds is 5. The van der Waals surface area contributed by atoms with Gasteiger partial charge in [0.15, 0.2) is 0 Å². The summed E-state index contributed by atoms with van der Waals surface area (Å²) in [6.45, 7) is 0.378. The van der Waals surface area contributed by atoms with Crippen LogP contribution in [-0.4, -0.2) is 17.9 Å². The summed E-state index contributed by atoms with van der Waals surface area (Å²) < 4.78 is 13.3. The average molecular weight is 381 g/mol. The second-order valence-electron chi connectivity index (χ2n) is 7.82. The molecular formula is C22H24FN3O2. The van der Waals surface area contributed by atoms with Crippen LogP contribution in [0.1, 0.15) is 35.2 Å². The highest BCUT2D eigenvalue weighted by Gasteiger charge is 2.48. The van der Waals surface area contributed by atoms with Crippen molar-refractivity contribution in [3.05, 3.63) is 65.5 Å². The third-order valence-electron chi connectivity index (χ3n) is 6.02. The number of amides is 2. The number of hydrogen-bond donors (Lipinski definition) is 3. The number of fused-ring (bicyclic) bond motifs is 2. The predicted molar refractivity (Wildman–Crippen MR) is 105 cm³/mol. The third-order valence-corrected chi connectivity index (χ3v) is 6.02. The van der Waals surface area contributed by atoms with E-state index in [4.69, 9.17) is 5.73 Å². The van der Waals surface area contributed by atoms with E-state index in [1.54, 1.807) is 18.2 Å². The van der Waals surface area contributed by atoms with Crippen LogP contribution >= 0.6 is 0 Å². The molecule has 4 N–H and O–H groups in total. The second kappa shape index (κ2) is 7.72. The van der Waals surface area contributed by atoms with Crippen LogP contribution in [0.15, 0.2) is 48.5 Å². The van der Waals surface area contributed by atoms with E-state index in [9.17, 15) is 14.0 Å². The summed E-state index contributed by atoms with van der Waals surface area (Å²) >= 11 is 0. The van der Waals surface area contributed by atoms with E-state index >= 15 is 0 Å². The van der Waals surface area contributed by atoms with Gasteiger partial charge in [0.2, 0.25) is 5.91 Å². The summed E-state index contributed by atoms with van der Waals surface area (Å²) in [7, 11) is 0. The molecule has 2 amide bonds. The van der Waals surface area contributed by atoms with Crippen LogP contribution in [0.4, 0.5) is 10.1 Å². The van der Waals surface area contributed by atoms with Gasteiger partial charge in [0.25, 0.3) is 5.91 Å². The van der Waals surface area contributed by atoms with Gasteiger partial charge in [0, 0.05) is 23.8 Å². The quantitative estimate of drug-likeness (QED) is 0.744. The van der Waals surface area contributed by atoms with E-state index in [0.717, 1.165) is 24.8 Å². The molecule has 2 saturated carbocycles. The topological polar surface area (TPSA) is 84.2 Å². The van der Waals surface area contributed by atoms with Crippen LogP contribution in [0.2, 0.25) is 0 Å². The minimum Gasteiger partial charge on any atom is -0.352 e. The van der Waals surface area contributed by atoms with Crippen LogP contribution < -0.4 is 16.4 Å². The highest BCUT2D eigenvalue weighted by molar-refractivity contribution is 6.04. The van der Waals surface area contributed by atoms with Crippen LogP contribution in [-0.2, 0) is 11.3 Å². The van der Waals surface area contributed by atoms with E-state index in [2.05, 4.69) is 10.6 Å². The molecule has 146 valence electrons. The van der Waals surface area contributed by atoms with E-state index in [1.165, 1.54) is 18.2 Å². The summed E-state index contributed by atoms with van der Waals surface area (Å²) in [6.07, 6.45) is 3.31. The normalized spacial score (nSPS) is 25.5. The molecule has 0 radical (unpaired) electrons. The van der Waals surface area contributed by atoms with Gasteiger partial charge in [-0.05, 0) is 67.0 Å². The fourth-order valence-corrected chi connectivity index (χ4v) is 4.62. The maximum atomic E-state index is 13.3. The number of halogens is 1. The van der Waals surface area contributed by atoms with E-state index < -0.39 is 5.82 Å². The fourth-order valence-electron chi connectivity index (χ4n) is 4.62. The fraction of sp³-hybridized carbons (Fsp3) is 0.364. The lowest BCUT2D eigenvalue weighted by molar-refractivity contribution is -0.127. The lowest BCUT2D eigenvalue weighted by Crippen LogP contribution is -2.45. The van der Waals surface area contributed by atoms with Gasteiger partial charge in [-0.3, -0.25) is 9.59 Å². The summed E-state index contributed by atoms with van der Waals surface area (Å²) in [6, 6.07) is 12.8. The molecule has 2 aromatic carbocycles. The molecule has 2 aliphatic carbocycles. The van der Waals surface area contributed by atoms with Crippen molar-refractivity contribution in [1.82, 2.24) is 5.32 Å². The number of carbonyl (C=O) groups is 2. The van der Waals surface area contributed by atoms with Gasteiger partial charge in [0.05, 0.1) is 5.92 Å². The Hall–Kier alpha value is -2.73. The summed E-state index contributed by atoms with van der Waals surface area (Å²) in [4.78, 5) is 24.9. The highest BCUT2D eigenvalue weighted by atomic mass is 19.1. The van der Waals surface area contributed by atoms with Crippen LogP contribution in [0.25, 0.3) is 0 Å². The van der Waals surface area contributed by atoms with Crippen LogP contribution in [0, 0.1) is 23.6 Å². The van der Waals surface area contributed by atoms with Crippen molar-refractivity contribution in [2.24, 2.45) is 23.5 Å². The number of anilines is 1. The minimum absolute atomic E-state index is 0.0221. The maximum absolute atomic E-state index is 13.3. The Labute approximate surface area is 163 Å². The van der Waals surface area contributed by atoms with Gasteiger partial charge < -0.3 is 16.4 Å². The molecule has 2 fully saturated rings. The van der Waals surface area contributed by atoms with Crippen molar-refractivity contribution in [2.75, 3.05) is 5.32 Å². The van der Waals surface area contributed by atoms with Crippen molar-refractivity contribution >= 4 is 17.5 Å². The molecule has 4 atom stereocenters. The van der Waals surface area contributed by atoms with Gasteiger partial charge >= 0.3 is 0 Å². The highest BCUT2D eigenvalue weighted by Crippen LogP contribution is 2.47. The molecule has 0 spiro atoms. The lowest BCUT2D eigenvalue weighted by atomic mass is 9.84. The Balaban J connectivity index is 1.36. The Morgan fingerprint density at radius 2 is 1.86 bits per heavy atom. The molecule has 0 heterocycles. The molecule has 0 aliphatic heterocycles. The molecular weight excluding hydrogens is 357 g/mol. The van der Waals surface area contributed by atoms with Crippen molar-refractivity contribution < 1.29 is 14.0 Å². The van der Waals surface area contributed by atoms with Crippen molar-refractivity contribution in [3.8, 4) is 0 Å². The molecule has 0 saturated heterocycles. The maximum Gasteiger partial charge on any atom is 0.255 e. The molecule has 6 heteroatoms. The standard InChI is InChI=1S/C22H24FN3O2/c23-17-5-2-4-16(11-17)21(27)26-18-6-1-3-13(9-18)12-25-22(28)19-14-7-8-15(10-14)20(19)24/h1-6,9,11,14-15,19-20H,7-8,10,12,24H2,(H,25,28)(H,26,27). The second-order valence-corrected chi connectivity index (χ2v) is 7.82. The zero-order valence-electron chi connectivity index (χ0n) is 15.5. The first-order valence-corrected chi connectivity index (χ1v) is 9.70. The molecule has 28 heavy (non-hydrogen) atoms. The first-order valence-electron chi connectivity index (χ1n) is 9.70. The number of carbonyl (C=O) groups excluding carboxylic acids is 2. The van der Waals surface area contributed by atoms with Gasteiger partial charge in [0.1, 0.15) is 5.82 Å². The Bertz CT molecular complexity index is 899. The van der Waals surface area contributed by atoms with Gasteiger partial charge in [-0.2, -0.15) is 0 Å². The van der Waals surface area contributed by atoms with Crippen LogP contribution in [0.5, 0.6) is 0 Å². The molecule has 4 rings (SSSR count). The first-order chi connectivity index (χ1) is 13.5. The zero-order chi connectivity index (χ0) is 19.7. The van der Waals surface area contributed by atoms with Crippen molar-refractivity contribution in [3.63, 3.8) is 0 Å². The average Bonchev–Trinajstić information content (AvgIpc) is 3.28. The Kier molecular flexibility index (Phi) is 5.13. The monoisotopic (exact) mass is 381 g/mol. The molecule has 5 nitrogen and oxygen atoms in total. The van der Waals surface area contributed by atoms with Gasteiger partial charge in [-0.15, -0.1) is 0 Å². The largest absolute Gasteiger partial charge is 0.352 e. The summed E-state index contributed by atoms with van der Waals surface area (Å²) in [5.41, 5.74) is 7.97. The third kappa shape index (κ3) is 3.78. The molecule has 2 bridgehead atoms. The van der Waals surface area contributed by atoms with Crippen molar-refractivity contribution in [2.45, 2.75) is 31.8 Å². The van der Waals surface area contributed by atoms with Gasteiger partial charge in [-0.25, -0.2) is 4.39 Å². The first kappa shape index (κ1) is 18.6. The smallest absolute Gasteiger partial charge is 0.255 e. The SMILES string of the molecule is NC1C2CCC(C2)C1C(=O)NCc1cccc(NC(=O)c2cccc(F)c2)c1. The van der Waals surface area contributed by atoms with Crippen molar-refractivity contribution in [1.29, 1.82) is 0 Å². The number of nitrogens with one attached hydrogen (secondary N) is 2. The lowest BCUT2D eigenvalue weighted by Gasteiger charge is -2.27. The molecule has 2 aliphatic rings. The van der Waals surface area contributed by atoms with E-state index in [-0.39, 0.29) is 29.3 Å².